The van der Waals surface area contributed by atoms with E-state index in [-0.39, 0.29) is 24.8 Å². The number of fused-ring (bicyclic) bond motifs is 1. The van der Waals surface area contributed by atoms with Crippen LogP contribution in [0.2, 0.25) is 0 Å². The van der Waals surface area contributed by atoms with Gasteiger partial charge >= 0.3 is 5.97 Å². The Kier molecular flexibility index (Phi) is 4.44. The first-order valence-corrected chi connectivity index (χ1v) is 9.16. The van der Waals surface area contributed by atoms with Crippen LogP contribution in [0.3, 0.4) is 0 Å². The number of aryl methyl sites for hydroxylation is 1. The maximum atomic E-state index is 13.0. The Labute approximate surface area is 157 Å². The Morgan fingerprint density at radius 1 is 1.07 bits per heavy atom. The smallest absolute Gasteiger partial charge is 0.308 e. The molecule has 1 saturated heterocycles. The highest BCUT2D eigenvalue weighted by atomic mass is 16.4. The zero-order chi connectivity index (χ0) is 19.0. The van der Waals surface area contributed by atoms with Crippen LogP contribution in [0.25, 0.3) is 10.9 Å². The Balaban J connectivity index is 1.57. The van der Waals surface area contributed by atoms with Gasteiger partial charge in [-0.05, 0) is 24.1 Å². The average molecular weight is 362 g/mol. The van der Waals surface area contributed by atoms with Crippen molar-refractivity contribution < 1.29 is 14.7 Å². The third-order valence-corrected chi connectivity index (χ3v) is 5.57. The van der Waals surface area contributed by atoms with E-state index in [1.54, 1.807) is 4.90 Å². The summed E-state index contributed by atoms with van der Waals surface area (Å²) in [6.07, 6.45) is 0.281. The lowest BCUT2D eigenvalue weighted by Crippen LogP contribution is -2.31. The molecule has 4 rings (SSSR count). The Morgan fingerprint density at radius 2 is 1.78 bits per heavy atom. The number of nitrogens with zero attached hydrogens (tertiary/aromatic N) is 1. The molecule has 1 aliphatic heterocycles. The number of aliphatic carboxylic acids is 1. The SMILES string of the molecule is Cc1[nH]c2ccccc2c1CC(=O)N1CC(C(=O)O)C(c2ccccc2)C1. The van der Waals surface area contributed by atoms with Crippen LogP contribution < -0.4 is 0 Å². The molecular weight excluding hydrogens is 340 g/mol. The monoisotopic (exact) mass is 362 g/mol. The van der Waals surface area contributed by atoms with Gasteiger partial charge in [-0.2, -0.15) is 0 Å². The molecule has 1 aliphatic rings. The van der Waals surface area contributed by atoms with E-state index in [9.17, 15) is 14.7 Å². The quantitative estimate of drug-likeness (QED) is 0.747. The van der Waals surface area contributed by atoms with Crippen LogP contribution in [0, 0.1) is 12.8 Å². The molecule has 5 heteroatoms. The highest BCUT2D eigenvalue weighted by Gasteiger charge is 2.40. The van der Waals surface area contributed by atoms with Crippen LogP contribution >= 0.6 is 0 Å². The second-order valence-corrected chi connectivity index (χ2v) is 7.21. The second kappa shape index (κ2) is 6.91. The van der Waals surface area contributed by atoms with Gasteiger partial charge in [0.2, 0.25) is 5.91 Å². The molecular formula is C22H22N2O3. The third-order valence-electron chi connectivity index (χ3n) is 5.57. The van der Waals surface area contributed by atoms with Crippen molar-refractivity contribution in [3.63, 3.8) is 0 Å². The number of nitrogens with one attached hydrogen (secondary N) is 1. The maximum Gasteiger partial charge on any atom is 0.308 e. The summed E-state index contributed by atoms with van der Waals surface area (Å²) < 4.78 is 0. The van der Waals surface area contributed by atoms with Crippen LogP contribution in [0.5, 0.6) is 0 Å². The fourth-order valence-electron chi connectivity index (χ4n) is 4.12. The lowest BCUT2D eigenvalue weighted by atomic mass is 9.89. The standard InChI is InChI=1S/C22H22N2O3/c1-14-17(16-9-5-6-10-20(16)23-14)11-21(25)24-12-18(19(13-24)22(26)27)15-7-3-2-4-8-15/h2-10,18-19,23H,11-13H2,1H3,(H,26,27). The summed E-state index contributed by atoms with van der Waals surface area (Å²) in [5.74, 6) is -1.60. The predicted octanol–water partition coefficient (Wildman–Crippen LogP) is 3.35. The zero-order valence-corrected chi connectivity index (χ0v) is 15.2. The van der Waals surface area contributed by atoms with Gasteiger partial charge in [-0.15, -0.1) is 0 Å². The first-order valence-electron chi connectivity index (χ1n) is 9.16. The van der Waals surface area contributed by atoms with E-state index < -0.39 is 11.9 Å². The number of likely N-dealkylation sites (tertiary alicyclic amines) is 1. The molecule has 0 saturated carbocycles. The van der Waals surface area contributed by atoms with Crippen LogP contribution in [0.15, 0.2) is 54.6 Å². The minimum absolute atomic E-state index is 0.0208. The number of aromatic nitrogens is 1. The van der Waals surface area contributed by atoms with Crippen molar-refractivity contribution >= 4 is 22.8 Å². The number of amides is 1. The molecule has 1 aromatic heterocycles. The van der Waals surface area contributed by atoms with Gasteiger partial charge < -0.3 is 15.0 Å². The number of rotatable bonds is 4. The topological polar surface area (TPSA) is 73.4 Å². The normalized spacial score (nSPS) is 19.5. The van der Waals surface area contributed by atoms with E-state index in [0.29, 0.717) is 6.54 Å². The van der Waals surface area contributed by atoms with Crippen molar-refractivity contribution in [3.05, 3.63) is 71.4 Å². The number of hydrogen-bond acceptors (Lipinski definition) is 2. The number of para-hydroxylation sites is 1. The van der Waals surface area contributed by atoms with Crippen molar-refractivity contribution in [3.8, 4) is 0 Å². The van der Waals surface area contributed by atoms with Gasteiger partial charge in [0.15, 0.2) is 0 Å². The predicted molar refractivity (Wildman–Crippen MR) is 104 cm³/mol. The molecule has 2 atom stereocenters. The summed E-state index contributed by atoms with van der Waals surface area (Å²) in [6.45, 7) is 2.68. The molecule has 138 valence electrons. The number of H-pyrrole nitrogens is 1. The number of hydrogen-bond donors (Lipinski definition) is 2. The summed E-state index contributed by atoms with van der Waals surface area (Å²) in [7, 11) is 0. The van der Waals surface area contributed by atoms with E-state index in [0.717, 1.165) is 27.7 Å². The van der Waals surface area contributed by atoms with Crippen molar-refractivity contribution in [2.24, 2.45) is 5.92 Å². The highest BCUT2D eigenvalue weighted by molar-refractivity contribution is 5.90. The van der Waals surface area contributed by atoms with E-state index >= 15 is 0 Å². The van der Waals surface area contributed by atoms with E-state index in [1.807, 2.05) is 61.5 Å². The number of carboxylic acid groups (broad SMARTS) is 1. The Morgan fingerprint density at radius 3 is 2.52 bits per heavy atom. The van der Waals surface area contributed by atoms with Gasteiger partial charge in [0.1, 0.15) is 0 Å². The van der Waals surface area contributed by atoms with Gasteiger partial charge in [0.05, 0.1) is 12.3 Å². The number of carboxylic acids is 1. The molecule has 0 spiro atoms. The van der Waals surface area contributed by atoms with Crippen molar-refractivity contribution in [1.82, 2.24) is 9.88 Å². The molecule has 27 heavy (non-hydrogen) atoms. The van der Waals surface area contributed by atoms with Crippen LogP contribution in [-0.2, 0) is 16.0 Å². The first kappa shape index (κ1) is 17.3. The van der Waals surface area contributed by atoms with E-state index in [4.69, 9.17) is 0 Å². The van der Waals surface area contributed by atoms with Gasteiger partial charge in [-0.3, -0.25) is 9.59 Å². The largest absolute Gasteiger partial charge is 0.481 e. The van der Waals surface area contributed by atoms with Crippen LogP contribution in [0.1, 0.15) is 22.7 Å². The zero-order valence-electron chi connectivity index (χ0n) is 15.2. The minimum Gasteiger partial charge on any atom is -0.481 e. The van der Waals surface area contributed by atoms with Gasteiger partial charge in [0.25, 0.3) is 0 Å². The van der Waals surface area contributed by atoms with Gasteiger partial charge in [0, 0.05) is 35.6 Å². The van der Waals surface area contributed by atoms with E-state index in [1.165, 1.54) is 0 Å². The molecule has 5 nitrogen and oxygen atoms in total. The summed E-state index contributed by atoms with van der Waals surface area (Å²) in [5.41, 5.74) is 3.97. The lowest BCUT2D eigenvalue weighted by Gasteiger charge is -2.17. The number of benzene rings is 2. The molecule has 0 aliphatic carbocycles. The van der Waals surface area contributed by atoms with Crippen molar-refractivity contribution in [1.29, 1.82) is 0 Å². The lowest BCUT2D eigenvalue weighted by molar-refractivity contribution is -0.141. The molecule has 1 fully saturated rings. The van der Waals surface area contributed by atoms with Gasteiger partial charge in [-0.25, -0.2) is 0 Å². The summed E-state index contributed by atoms with van der Waals surface area (Å²) in [5, 5.41) is 10.7. The molecule has 2 heterocycles. The summed E-state index contributed by atoms with van der Waals surface area (Å²) >= 11 is 0. The molecule has 0 radical (unpaired) electrons. The molecule has 1 amide bonds. The number of aromatic amines is 1. The molecule has 2 N–H and O–H groups in total. The summed E-state index contributed by atoms with van der Waals surface area (Å²) in [6, 6.07) is 17.6. The van der Waals surface area contributed by atoms with Gasteiger partial charge in [-0.1, -0.05) is 48.5 Å². The number of carbonyl (C=O) groups is 2. The van der Waals surface area contributed by atoms with Crippen LogP contribution in [0.4, 0.5) is 0 Å². The van der Waals surface area contributed by atoms with Crippen LogP contribution in [-0.4, -0.2) is 40.0 Å². The van der Waals surface area contributed by atoms with Crippen molar-refractivity contribution in [2.75, 3.05) is 13.1 Å². The number of carbonyl (C=O) groups excluding carboxylic acids is 1. The second-order valence-electron chi connectivity index (χ2n) is 7.21. The maximum absolute atomic E-state index is 13.0. The highest BCUT2D eigenvalue weighted by Crippen LogP contribution is 2.33. The minimum atomic E-state index is -0.845. The Bertz CT molecular complexity index is 993. The fraction of sp³-hybridized carbons (Fsp3) is 0.273. The molecule has 2 aromatic carbocycles. The molecule has 2 unspecified atom stereocenters. The van der Waals surface area contributed by atoms with E-state index in [2.05, 4.69) is 4.98 Å². The van der Waals surface area contributed by atoms with Crippen molar-refractivity contribution in [2.45, 2.75) is 19.3 Å². The molecule has 3 aromatic rings. The Hall–Kier alpha value is -3.08. The first-order chi connectivity index (χ1) is 13.0. The summed E-state index contributed by atoms with van der Waals surface area (Å²) in [4.78, 5) is 29.8. The fourth-order valence-corrected chi connectivity index (χ4v) is 4.12. The molecule has 0 bridgehead atoms. The third kappa shape index (κ3) is 3.21. The average Bonchev–Trinajstić information content (AvgIpc) is 3.25.